The molecule has 1 fully saturated rings. The molecule has 2 rings (SSSR count). The second-order valence-corrected chi connectivity index (χ2v) is 17.0. The fraction of sp³-hybridized carbons (Fsp3) is 0.628. The average molecular weight is 918 g/mol. The SMILES string of the molecule is CC(C)C[C@H](NC(=O)[C@H](Cc1ccccc1)NC(=O)[C@H](CCCCN)NC(=O)[C@@H]1CCCN1C(=O)CNC(=O)C(CC(=O)O)NC(=O)C(CCC(=O)O)NC(=O)[C@@H](N)CC(C)C)C(=O)O. The normalized spacial score (nSPS) is 16.2. The second kappa shape index (κ2) is 27.9. The van der Waals surface area contributed by atoms with Crippen LogP contribution >= 0.6 is 0 Å². The summed E-state index contributed by atoms with van der Waals surface area (Å²) in [5.41, 5.74) is 12.3. The summed E-state index contributed by atoms with van der Waals surface area (Å²) in [5, 5.41) is 43.3. The van der Waals surface area contributed by atoms with Crippen LogP contribution in [0.3, 0.4) is 0 Å². The van der Waals surface area contributed by atoms with Crippen molar-refractivity contribution in [1.29, 1.82) is 0 Å². The number of amides is 7. The summed E-state index contributed by atoms with van der Waals surface area (Å²) in [4.78, 5) is 130. The fourth-order valence-corrected chi connectivity index (χ4v) is 7.14. The molecular formula is C43H67N9O13. The highest BCUT2D eigenvalue weighted by Crippen LogP contribution is 2.19. The number of carboxylic acids is 3. The van der Waals surface area contributed by atoms with Crippen LogP contribution in [-0.4, -0.2) is 141 Å². The van der Waals surface area contributed by atoms with Crippen LogP contribution in [0.25, 0.3) is 0 Å². The molecule has 0 saturated carbocycles. The molecule has 1 aromatic carbocycles. The molecular weight excluding hydrogens is 851 g/mol. The molecule has 22 heteroatoms. The lowest BCUT2D eigenvalue weighted by molar-refractivity contribution is -0.143. The van der Waals surface area contributed by atoms with Gasteiger partial charge in [0.1, 0.15) is 36.3 Å². The predicted octanol–water partition coefficient (Wildman–Crippen LogP) is -1.27. The standard InChI is InChI=1S/C43H67N9O13/c1-24(2)19-27(45)37(58)47-29(15-16-35(54)55)40(61)50-31(22-36(56)57)38(59)46-23-34(53)52-18-10-14-33(52)42(63)48-28(13-8-9-17-44)39(60)49-30(21-26-11-6-5-7-12-26)41(62)51-32(43(64)65)20-25(3)4/h5-7,11-12,24-25,27-33H,8-10,13-23,44-45H2,1-4H3,(H,46,59)(H,47,58)(H,48,63)(H,49,60)(H,50,61)(H,51,62)(H,54,55)(H,56,57)(H,64,65)/t27-,28-,29?,30-,31?,32-,33-/m0/s1. The summed E-state index contributed by atoms with van der Waals surface area (Å²) in [6.07, 6.45) is -0.0277. The zero-order valence-corrected chi connectivity index (χ0v) is 37.5. The lowest BCUT2D eigenvalue weighted by Crippen LogP contribution is -2.58. The summed E-state index contributed by atoms with van der Waals surface area (Å²) in [5.74, 6) is -9.96. The van der Waals surface area contributed by atoms with Crippen LogP contribution < -0.4 is 43.4 Å². The topological polar surface area (TPSA) is 359 Å². The molecule has 22 nitrogen and oxygen atoms in total. The summed E-state index contributed by atoms with van der Waals surface area (Å²) in [6, 6.07) is -0.367. The van der Waals surface area contributed by atoms with Crippen LogP contribution in [0.15, 0.2) is 30.3 Å². The van der Waals surface area contributed by atoms with Gasteiger partial charge in [-0.15, -0.1) is 0 Å². The van der Waals surface area contributed by atoms with Crippen molar-refractivity contribution in [2.45, 2.75) is 141 Å². The molecule has 1 aliphatic heterocycles. The van der Waals surface area contributed by atoms with E-state index in [9.17, 15) is 63.3 Å². The highest BCUT2D eigenvalue weighted by Gasteiger charge is 2.38. The van der Waals surface area contributed by atoms with Crippen LogP contribution in [0.4, 0.5) is 0 Å². The Bertz CT molecular complexity index is 1810. The van der Waals surface area contributed by atoms with Crippen LogP contribution in [0.5, 0.6) is 0 Å². The van der Waals surface area contributed by atoms with Crippen LogP contribution in [-0.2, 0) is 54.4 Å². The molecule has 362 valence electrons. The molecule has 65 heavy (non-hydrogen) atoms. The number of nitrogens with one attached hydrogen (secondary N) is 6. The summed E-state index contributed by atoms with van der Waals surface area (Å²) in [6.45, 7) is 6.87. The van der Waals surface area contributed by atoms with Gasteiger partial charge in [0.05, 0.1) is 19.0 Å². The first-order valence-electron chi connectivity index (χ1n) is 21.9. The van der Waals surface area contributed by atoms with Crippen molar-refractivity contribution < 1.29 is 63.3 Å². The maximum absolute atomic E-state index is 13.9. The highest BCUT2D eigenvalue weighted by atomic mass is 16.4. The molecule has 0 bridgehead atoms. The van der Waals surface area contributed by atoms with Crippen LogP contribution in [0.2, 0.25) is 0 Å². The van der Waals surface area contributed by atoms with Gasteiger partial charge < -0.3 is 63.6 Å². The molecule has 13 N–H and O–H groups in total. The zero-order chi connectivity index (χ0) is 48.8. The number of carboxylic acid groups (broad SMARTS) is 3. The lowest BCUT2D eigenvalue weighted by atomic mass is 10.0. The minimum absolute atomic E-state index is 0.00145. The molecule has 7 atom stereocenters. The van der Waals surface area contributed by atoms with Crippen LogP contribution in [0.1, 0.15) is 97.5 Å². The number of hydrogen-bond donors (Lipinski definition) is 11. The number of rotatable bonds is 29. The van der Waals surface area contributed by atoms with E-state index in [-0.39, 0.29) is 57.0 Å². The Morgan fingerprint density at radius 1 is 0.677 bits per heavy atom. The number of benzene rings is 1. The summed E-state index contributed by atoms with van der Waals surface area (Å²) < 4.78 is 0. The summed E-state index contributed by atoms with van der Waals surface area (Å²) in [7, 11) is 0. The van der Waals surface area contributed by atoms with Crippen molar-refractivity contribution in [2.75, 3.05) is 19.6 Å². The average Bonchev–Trinajstić information content (AvgIpc) is 3.73. The fourth-order valence-electron chi connectivity index (χ4n) is 7.14. The summed E-state index contributed by atoms with van der Waals surface area (Å²) >= 11 is 0. The van der Waals surface area contributed by atoms with Crippen molar-refractivity contribution in [2.24, 2.45) is 23.3 Å². The Morgan fingerprint density at radius 2 is 1.25 bits per heavy atom. The van der Waals surface area contributed by atoms with E-state index in [0.29, 0.717) is 24.8 Å². The minimum atomic E-state index is -1.77. The smallest absolute Gasteiger partial charge is 0.326 e. The monoisotopic (exact) mass is 917 g/mol. The Morgan fingerprint density at radius 3 is 1.82 bits per heavy atom. The molecule has 1 heterocycles. The second-order valence-electron chi connectivity index (χ2n) is 17.0. The molecule has 0 aliphatic carbocycles. The molecule has 1 saturated heterocycles. The van der Waals surface area contributed by atoms with E-state index >= 15 is 0 Å². The molecule has 1 aliphatic rings. The molecule has 0 radical (unpaired) electrons. The first-order valence-corrected chi connectivity index (χ1v) is 21.9. The number of hydrogen-bond acceptors (Lipinski definition) is 12. The zero-order valence-electron chi connectivity index (χ0n) is 37.5. The minimum Gasteiger partial charge on any atom is -0.481 e. The predicted molar refractivity (Wildman–Crippen MR) is 234 cm³/mol. The largest absolute Gasteiger partial charge is 0.481 e. The van der Waals surface area contributed by atoms with Gasteiger partial charge >= 0.3 is 17.9 Å². The van der Waals surface area contributed by atoms with Gasteiger partial charge in [0.2, 0.25) is 41.4 Å². The third-order valence-electron chi connectivity index (χ3n) is 10.5. The number of likely N-dealkylation sites (tertiary alicyclic amines) is 1. The quantitative estimate of drug-likeness (QED) is 0.0418. The van der Waals surface area contributed by atoms with E-state index < -0.39 is 127 Å². The third-order valence-corrected chi connectivity index (χ3v) is 10.5. The van der Waals surface area contributed by atoms with Crippen molar-refractivity contribution in [3.05, 3.63) is 35.9 Å². The van der Waals surface area contributed by atoms with Gasteiger partial charge in [0, 0.05) is 19.4 Å². The van der Waals surface area contributed by atoms with Crippen LogP contribution in [0, 0.1) is 11.8 Å². The van der Waals surface area contributed by atoms with Gasteiger partial charge in [-0.3, -0.25) is 43.2 Å². The third kappa shape index (κ3) is 20.1. The maximum atomic E-state index is 13.9. The van der Waals surface area contributed by atoms with E-state index in [1.54, 1.807) is 44.2 Å². The van der Waals surface area contributed by atoms with E-state index in [2.05, 4.69) is 31.9 Å². The number of nitrogens with two attached hydrogens (primary N) is 2. The first kappa shape index (κ1) is 55.0. The van der Waals surface area contributed by atoms with E-state index in [1.807, 2.05) is 13.8 Å². The Kier molecular flexibility index (Phi) is 23.6. The van der Waals surface area contributed by atoms with Crippen molar-refractivity contribution in [1.82, 2.24) is 36.8 Å². The van der Waals surface area contributed by atoms with E-state index in [0.717, 1.165) is 0 Å². The van der Waals surface area contributed by atoms with Crippen molar-refractivity contribution in [3.63, 3.8) is 0 Å². The van der Waals surface area contributed by atoms with Gasteiger partial charge in [-0.1, -0.05) is 58.0 Å². The van der Waals surface area contributed by atoms with Crippen molar-refractivity contribution in [3.8, 4) is 0 Å². The van der Waals surface area contributed by atoms with Gasteiger partial charge in [0.25, 0.3) is 0 Å². The Hall–Kier alpha value is -6.16. The molecule has 7 amide bonds. The number of nitrogens with zero attached hydrogens (tertiary/aromatic N) is 1. The molecule has 0 aromatic heterocycles. The number of carbonyl (C=O) groups excluding carboxylic acids is 7. The van der Waals surface area contributed by atoms with Gasteiger partial charge in [0.15, 0.2) is 0 Å². The van der Waals surface area contributed by atoms with Crippen molar-refractivity contribution >= 4 is 59.3 Å². The number of carbonyl (C=O) groups is 10. The highest BCUT2D eigenvalue weighted by molar-refractivity contribution is 5.98. The Balaban J connectivity index is 2.22. The van der Waals surface area contributed by atoms with Gasteiger partial charge in [-0.2, -0.15) is 0 Å². The molecule has 2 unspecified atom stereocenters. The maximum Gasteiger partial charge on any atom is 0.326 e. The molecule has 0 spiro atoms. The van der Waals surface area contributed by atoms with E-state index in [4.69, 9.17) is 11.5 Å². The first-order chi connectivity index (χ1) is 30.6. The lowest BCUT2D eigenvalue weighted by Gasteiger charge is -2.28. The Labute approximate surface area is 378 Å². The van der Waals surface area contributed by atoms with Gasteiger partial charge in [-0.05, 0) is 75.3 Å². The molecule has 1 aromatic rings. The van der Waals surface area contributed by atoms with Gasteiger partial charge in [-0.25, -0.2) is 4.79 Å². The number of unbranched alkanes of at least 4 members (excludes halogenated alkanes) is 1. The van der Waals surface area contributed by atoms with E-state index in [1.165, 1.54) is 4.90 Å². The number of aliphatic carboxylic acids is 3.